The first-order chi connectivity index (χ1) is 19.3. The Morgan fingerprint density at radius 2 is 1.43 bits per heavy atom. The molecular formula is C32H40N4O4. The van der Waals surface area contributed by atoms with Crippen LogP contribution in [0.15, 0.2) is 78.9 Å². The molecule has 8 nitrogen and oxygen atoms in total. The highest BCUT2D eigenvalue weighted by Gasteiger charge is 2.32. The second-order valence-electron chi connectivity index (χ2n) is 9.65. The summed E-state index contributed by atoms with van der Waals surface area (Å²) < 4.78 is 5.52. The summed E-state index contributed by atoms with van der Waals surface area (Å²) in [5.41, 5.74) is 9.43. The van der Waals surface area contributed by atoms with Gasteiger partial charge < -0.3 is 26.0 Å². The number of carbonyl (C=O) groups excluding carboxylic acids is 3. The molecule has 0 radical (unpaired) electrons. The van der Waals surface area contributed by atoms with E-state index < -0.39 is 12.1 Å². The average molecular weight is 545 g/mol. The van der Waals surface area contributed by atoms with Crippen molar-refractivity contribution in [2.75, 3.05) is 13.7 Å². The summed E-state index contributed by atoms with van der Waals surface area (Å²) in [5.74, 6) is -0.105. The Bertz CT molecular complexity index is 1230. The molecule has 0 heterocycles. The molecule has 0 aliphatic carbocycles. The van der Waals surface area contributed by atoms with Crippen molar-refractivity contribution in [3.63, 3.8) is 0 Å². The lowest BCUT2D eigenvalue weighted by Gasteiger charge is -2.31. The molecule has 0 aliphatic heterocycles. The van der Waals surface area contributed by atoms with Gasteiger partial charge in [0.25, 0.3) is 0 Å². The van der Waals surface area contributed by atoms with Crippen molar-refractivity contribution in [2.45, 2.75) is 58.3 Å². The second-order valence-corrected chi connectivity index (χ2v) is 9.65. The molecular weight excluding hydrogens is 504 g/mol. The van der Waals surface area contributed by atoms with Crippen molar-refractivity contribution in [2.24, 2.45) is 5.73 Å². The first-order valence-electron chi connectivity index (χ1n) is 13.7. The zero-order chi connectivity index (χ0) is 28.9. The summed E-state index contributed by atoms with van der Waals surface area (Å²) in [6.07, 6.45) is 0.862. The van der Waals surface area contributed by atoms with Crippen molar-refractivity contribution in [3.05, 3.63) is 101 Å². The van der Waals surface area contributed by atoms with Crippen LogP contribution >= 0.6 is 0 Å². The van der Waals surface area contributed by atoms with Gasteiger partial charge in [0.05, 0.1) is 6.61 Å². The number of nitrogens with two attached hydrogens (primary N) is 1. The molecule has 0 saturated heterocycles. The van der Waals surface area contributed by atoms with Crippen molar-refractivity contribution in [1.29, 1.82) is 0 Å². The first-order valence-corrected chi connectivity index (χ1v) is 13.7. The Labute approximate surface area is 236 Å². The van der Waals surface area contributed by atoms with Crippen LogP contribution in [-0.4, -0.2) is 48.4 Å². The van der Waals surface area contributed by atoms with Gasteiger partial charge in [0.1, 0.15) is 17.8 Å². The van der Waals surface area contributed by atoms with Gasteiger partial charge in [0.2, 0.25) is 17.7 Å². The molecule has 0 saturated carbocycles. The zero-order valence-corrected chi connectivity index (χ0v) is 23.6. The van der Waals surface area contributed by atoms with E-state index >= 15 is 0 Å². The molecule has 0 fully saturated rings. The Kier molecular flexibility index (Phi) is 11.7. The summed E-state index contributed by atoms with van der Waals surface area (Å²) in [4.78, 5) is 41.2. The van der Waals surface area contributed by atoms with Crippen molar-refractivity contribution in [1.82, 2.24) is 15.5 Å². The van der Waals surface area contributed by atoms with E-state index in [9.17, 15) is 14.4 Å². The predicted octanol–water partition coefficient (Wildman–Crippen LogP) is 3.37. The molecule has 3 rings (SSSR count). The summed E-state index contributed by atoms with van der Waals surface area (Å²) in [7, 11) is 1.62. The predicted molar refractivity (Wildman–Crippen MR) is 156 cm³/mol. The van der Waals surface area contributed by atoms with Crippen LogP contribution in [0.1, 0.15) is 42.5 Å². The summed E-state index contributed by atoms with van der Waals surface area (Å²) in [5, 5.41) is 5.84. The van der Waals surface area contributed by atoms with E-state index in [1.807, 2.05) is 85.8 Å². The van der Waals surface area contributed by atoms with Crippen molar-refractivity contribution < 1.29 is 19.1 Å². The average Bonchev–Trinajstić information content (AvgIpc) is 2.99. The molecule has 40 heavy (non-hydrogen) atoms. The highest BCUT2D eigenvalue weighted by molar-refractivity contribution is 5.92. The van der Waals surface area contributed by atoms with Gasteiger partial charge in [-0.3, -0.25) is 14.4 Å². The highest BCUT2D eigenvalue weighted by atomic mass is 16.5. The number of benzene rings is 3. The fourth-order valence-electron chi connectivity index (χ4n) is 4.36. The molecule has 8 heteroatoms. The van der Waals surface area contributed by atoms with E-state index in [2.05, 4.69) is 10.6 Å². The SMILES string of the molecule is CCOc1ccc(CC(NC(=O)CC)C(=O)N(C)C(Cc2ccccc2)C(=O)NCc2ccc(CN)cc2)cc1. The first kappa shape index (κ1) is 30.4. The highest BCUT2D eigenvalue weighted by Crippen LogP contribution is 2.16. The fraction of sp³-hybridized carbons (Fsp3) is 0.344. The number of carbonyl (C=O) groups is 3. The van der Waals surface area contributed by atoms with Gasteiger partial charge in [-0.2, -0.15) is 0 Å². The third-order valence-corrected chi connectivity index (χ3v) is 6.74. The van der Waals surface area contributed by atoms with Gasteiger partial charge in [0, 0.05) is 39.4 Å². The van der Waals surface area contributed by atoms with Crippen molar-refractivity contribution in [3.8, 4) is 5.75 Å². The quantitative estimate of drug-likeness (QED) is 0.288. The molecule has 3 aromatic carbocycles. The smallest absolute Gasteiger partial charge is 0.245 e. The number of amides is 3. The number of hydrogen-bond acceptors (Lipinski definition) is 5. The Morgan fingerprint density at radius 3 is 2.02 bits per heavy atom. The third kappa shape index (κ3) is 8.95. The minimum Gasteiger partial charge on any atom is -0.494 e. The van der Waals surface area contributed by atoms with Crippen LogP contribution in [0.5, 0.6) is 5.75 Å². The van der Waals surface area contributed by atoms with Gasteiger partial charge in [-0.05, 0) is 41.3 Å². The number of ether oxygens (including phenoxy) is 1. The zero-order valence-electron chi connectivity index (χ0n) is 23.6. The molecule has 0 bridgehead atoms. The van der Waals surface area contributed by atoms with Crippen LogP contribution in [0, 0.1) is 0 Å². The molecule has 0 spiro atoms. The van der Waals surface area contributed by atoms with Crippen LogP contribution in [0.2, 0.25) is 0 Å². The van der Waals surface area contributed by atoms with Gasteiger partial charge in [-0.25, -0.2) is 0 Å². The van der Waals surface area contributed by atoms with E-state index in [-0.39, 0.29) is 30.6 Å². The maximum absolute atomic E-state index is 13.8. The summed E-state index contributed by atoms with van der Waals surface area (Å²) >= 11 is 0. The maximum atomic E-state index is 13.8. The Morgan fingerprint density at radius 1 is 0.825 bits per heavy atom. The third-order valence-electron chi connectivity index (χ3n) is 6.74. The molecule has 0 aliphatic rings. The lowest BCUT2D eigenvalue weighted by atomic mass is 10.0. The molecule has 212 valence electrons. The minimum absolute atomic E-state index is 0.234. The fourth-order valence-corrected chi connectivity index (χ4v) is 4.36. The van der Waals surface area contributed by atoms with E-state index in [0.717, 1.165) is 28.0 Å². The molecule has 2 unspecified atom stereocenters. The lowest BCUT2D eigenvalue weighted by molar-refractivity contribution is -0.141. The largest absolute Gasteiger partial charge is 0.494 e. The molecule has 2 atom stereocenters. The monoisotopic (exact) mass is 544 g/mol. The van der Waals surface area contributed by atoms with Crippen LogP contribution < -0.4 is 21.1 Å². The molecule has 4 N–H and O–H groups in total. The van der Waals surface area contributed by atoms with E-state index in [1.54, 1.807) is 14.0 Å². The van der Waals surface area contributed by atoms with Crippen LogP contribution in [0.4, 0.5) is 0 Å². The molecule has 3 amide bonds. The topological polar surface area (TPSA) is 114 Å². The van der Waals surface area contributed by atoms with Gasteiger partial charge in [0.15, 0.2) is 0 Å². The van der Waals surface area contributed by atoms with Crippen LogP contribution in [-0.2, 0) is 40.3 Å². The van der Waals surface area contributed by atoms with Gasteiger partial charge in [-0.1, -0.05) is 73.7 Å². The van der Waals surface area contributed by atoms with Crippen molar-refractivity contribution >= 4 is 17.7 Å². The normalized spacial score (nSPS) is 12.2. The molecule has 0 aromatic heterocycles. The summed E-state index contributed by atoms with van der Waals surface area (Å²) in [6, 6.07) is 23.1. The maximum Gasteiger partial charge on any atom is 0.245 e. The second kappa shape index (κ2) is 15.4. The Balaban J connectivity index is 1.81. The standard InChI is InChI=1S/C32H40N4O4/c1-4-30(37)35-28(19-24-15-17-27(18-16-24)40-5-2)32(39)36(3)29(20-23-9-7-6-8-10-23)31(38)34-22-26-13-11-25(21-33)12-14-26/h6-18,28-29H,4-5,19-22,33H2,1-3H3,(H,34,38)(H,35,37). The number of hydrogen-bond donors (Lipinski definition) is 3. The Hall–Kier alpha value is -4.17. The minimum atomic E-state index is -0.828. The van der Waals surface area contributed by atoms with Crippen LogP contribution in [0.3, 0.4) is 0 Å². The number of nitrogens with one attached hydrogen (secondary N) is 2. The number of rotatable bonds is 14. The van der Waals surface area contributed by atoms with Gasteiger partial charge in [-0.15, -0.1) is 0 Å². The van der Waals surface area contributed by atoms with E-state index in [4.69, 9.17) is 10.5 Å². The van der Waals surface area contributed by atoms with Crippen LogP contribution in [0.25, 0.3) is 0 Å². The van der Waals surface area contributed by atoms with E-state index in [0.29, 0.717) is 26.1 Å². The summed E-state index contributed by atoms with van der Waals surface area (Å²) in [6.45, 7) is 4.98. The molecule has 3 aromatic rings. The number of nitrogens with zero attached hydrogens (tertiary/aromatic N) is 1. The number of likely N-dealkylation sites (N-methyl/N-ethyl adjacent to an activating group) is 1. The lowest BCUT2D eigenvalue weighted by Crippen LogP contribution is -2.55. The van der Waals surface area contributed by atoms with Gasteiger partial charge >= 0.3 is 0 Å². The van der Waals surface area contributed by atoms with E-state index in [1.165, 1.54) is 4.90 Å².